The van der Waals surface area contributed by atoms with Gasteiger partial charge in [-0.1, -0.05) is 0 Å². The summed E-state index contributed by atoms with van der Waals surface area (Å²) in [5.41, 5.74) is -1.43. The van der Waals surface area contributed by atoms with E-state index in [1.807, 2.05) is 5.32 Å². The molecule has 14 heavy (non-hydrogen) atoms. The van der Waals surface area contributed by atoms with Crippen molar-refractivity contribution in [1.29, 1.82) is 0 Å². The summed E-state index contributed by atoms with van der Waals surface area (Å²) in [5.74, 6) is -0.615. The van der Waals surface area contributed by atoms with Crippen LogP contribution in [0, 0.1) is 0 Å². The smallest absolute Gasteiger partial charge is 0.409 e. The van der Waals surface area contributed by atoms with Gasteiger partial charge in [0.25, 0.3) is 5.91 Å². The Morgan fingerprint density at radius 3 is 2.64 bits per heavy atom. The monoisotopic (exact) mass is 201 g/mol. The highest BCUT2D eigenvalue weighted by Gasteiger charge is 2.43. The number of hydrogen-bond donors (Lipinski definition) is 3. The Kier molecular flexibility index (Phi) is 2.59. The number of amides is 4. The average molecular weight is 201 g/mol. The Hall–Kier alpha value is -1.79. The quantitative estimate of drug-likeness (QED) is 0.514. The van der Waals surface area contributed by atoms with Gasteiger partial charge >= 0.3 is 12.1 Å². The van der Waals surface area contributed by atoms with Gasteiger partial charge in [0, 0.05) is 0 Å². The van der Waals surface area contributed by atoms with E-state index in [-0.39, 0.29) is 6.61 Å². The van der Waals surface area contributed by atoms with Crippen molar-refractivity contribution in [3.63, 3.8) is 0 Å². The first-order valence-corrected chi connectivity index (χ1v) is 4.06. The molecule has 1 fully saturated rings. The number of urea groups is 1. The lowest BCUT2D eigenvalue weighted by molar-refractivity contribution is -0.124. The molecule has 1 heterocycles. The Bertz CT molecular complexity index is 291. The molecule has 7 nitrogen and oxygen atoms in total. The molecule has 1 atom stereocenters. The SMILES string of the molecule is CCOC(=O)NC1(C)NC(=O)NC1=O. The fraction of sp³-hybridized carbons (Fsp3) is 0.571. The van der Waals surface area contributed by atoms with E-state index in [1.165, 1.54) is 6.92 Å². The van der Waals surface area contributed by atoms with Crippen LogP contribution in [0.3, 0.4) is 0 Å². The molecule has 0 aromatic rings. The summed E-state index contributed by atoms with van der Waals surface area (Å²) in [4.78, 5) is 32.9. The summed E-state index contributed by atoms with van der Waals surface area (Å²) in [6, 6.07) is -0.644. The third kappa shape index (κ3) is 1.93. The molecule has 1 aliphatic rings. The Balaban J connectivity index is 2.62. The summed E-state index contributed by atoms with van der Waals surface area (Å²) in [6.07, 6.45) is -0.757. The first-order chi connectivity index (χ1) is 6.48. The Morgan fingerprint density at radius 1 is 1.57 bits per heavy atom. The highest BCUT2D eigenvalue weighted by atomic mass is 16.5. The molecule has 0 aliphatic carbocycles. The van der Waals surface area contributed by atoms with E-state index in [2.05, 4.69) is 15.4 Å². The van der Waals surface area contributed by atoms with Crippen LogP contribution in [0.15, 0.2) is 0 Å². The molecule has 0 spiro atoms. The Morgan fingerprint density at radius 2 is 2.21 bits per heavy atom. The van der Waals surface area contributed by atoms with E-state index in [1.54, 1.807) is 6.92 Å². The lowest BCUT2D eigenvalue weighted by Gasteiger charge is -2.21. The van der Waals surface area contributed by atoms with E-state index in [0.717, 1.165) is 0 Å². The van der Waals surface area contributed by atoms with Crippen LogP contribution >= 0.6 is 0 Å². The molecule has 1 aliphatic heterocycles. The maximum absolute atomic E-state index is 11.2. The summed E-state index contributed by atoms with van der Waals surface area (Å²) in [7, 11) is 0. The van der Waals surface area contributed by atoms with Crippen molar-refractivity contribution < 1.29 is 19.1 Å². The molecular weight excluding hydrogens is 190 g/mol. The molecule has 0 bridgehead atoms. The molecule has 1 unspecified atom stereocenters. The molecule has 0 aromatic carbocycles. The fourth-order valence-electron chi connectivity index (χ4n) is 1.00. The molecule has 78 valence electrons. The van der Waals surface area contributed by atoms with Crippen LogP contribution in [0.4, 0.5) is 9.59 Å². The van der Waals surface area contributed by atoms with Gasteiger partial charge in [-0.05, 0) is 13.8 Å². The molecule has 0 aromatic heterocycles. The molecule has 1 rings (SSSR count). The van der Waals surface area contributed by atoms with E-state index in [9.17, 15) is 14.4 Å². The number of carbonyl (C=O) groups excluding carboxylic acids is 3. The lowest BCUT2D eigenvalue weighted by Crippen LogP contribution is -2.58. The van der Waals surface area contributed by atoms with Gasteiger partial charge in [-0.3, -0.25) is 15.4 Å². The van der Waals surface area contributed by atoms with Crippen LogP contribution in [0.25, 0.3) is 0 Å². The van der Waals surface area contributed by atoms with Gasteiger partial charge in [-0.15, -0.1) is 0 Å². The van der Waals surface area contributed by atoms with Gasteiger partial charge in [0.1, 0.15) is 0 Å². The summed E-state index contributed by atoms with van der Waals surface area (Å²) >= 11 is 0. The van der Waals surface area contributed by atoms with Gasteiger partial charge in [0.2, 0.25) is 0 Å². The number of imide groups is 1. The van der Waals surface area contributed by atoms with Gasteiger partial charge in [-0.2, -0.15) is 0 Å². The topological polar surface area (TPSA) is 96.5 Å². The van der Waals surface area contributed by atoms with Crippen LogP contribution < -0.4 is 16.0 Å². The van der Waals surface area contributed by atoms with E-state index in [0.29, 0.717) is 0 Å². The molecule has 0 saturated carbocycles. The predicted octanol–water partition coefficient (Wildman–Crippen LogP) is -0.712. The van der Waals surface area contributed by atoms with Gasteiger partial charge in [-0.25, -0.2) is 9.59 Å². The summed E-state index contributed by atoms with van der Waals surface area (Å²) in [6.45, 7) is 3.19. The van der Waals surface area contributed by atoms with Crippen molar-refractivity contribution >= 4 is 18.0 Å². The van der Waals surface area contributed by atoms with Crippen LogP contribution in [-0.2, 0) is 9.53 Å². The average Bonchev–Trinajstić information content (AvgIpc) is 2.25. The van der Waals surface area contributed by atoms with Crippen molar-refractivity contribution in [2.45, 2.75) is 19.5 Å². The summed E-state index contributed by atoms with van der Waals surface area (Å²) in [5, 5.41) is 6.48. The number of carbonyl (C=O) groups is 3. The third-order valence-electron chi connectivity index (χ3n) is 1.67. The zero-order valence-corrected chi connectivity index (χ0v) is 7.84. The van der Waals surface area contributed by atoms with E-state index >= 15 is 0 Å². The predicted molar refractivity (Wildman–Crippen MR) is 45.2 cm³/mol. The highest BCUT2D eigenvalue weighted by Crippen LogP contribution is 2.05. The lowest BCUT2D eigenvalue weighted by atomic mass is 10.2. The van der Waals surface area contributed by atoms with Crippen molar-refractivity contribution in [1.82, 2.24) is 16.0 Å². The minimum atomic E-state index is -1.43. The van der Waals surface area contributed by atoms with Crippen molar-refractivity contribution in [3.8, 4) is 0 Å². The first-order valence-electron chi connectivity index (χ1n) is 4.06. The third-order valence-corrected chi connectivity index (χ3v) is 1.67. The van der Waals surface area contributed by atoms with Gasteiger partial charge < -0.3 is 10.1 Å². The molecule has 1 saturated heterocycles. The van der Waals surface area contributed by atoms with Crippen molar-refractivity contribution in [2.75, 3.05) is 6.61 Å². The Labute approximate surface area is 80.2 Å². The standard InChI is InChI=1S/C7H11N3O4/c1-3-14-6(13)10-7(2)4(11)8-5(12)9-7/h3H2,1-2H3,(H,10,13)(H2,8,9,11,12). The second-order valence-corrected chi connectivity index (χ2v) is 2.88. The second kappa shape index (κ2) is 3.52. The van der Waals surface area contributed by atoms with Gasteiger partial charge in [0.15, 0.2) is 5.66 Å². The fourth-order valence-corrected chi connectivity index (χ4v) is 1.00. The van der Waals surface area contributed by atoms with Gasteiger partial charge in [0.05, 0.1) is 6.61 Å². The van der Waals surface area contributed by atoms with Crippen molar-refractivity contribution in [2.24, 2.45) is 0 Å². The van der Waals surface area contributed by atoms with Crippen LogP contribution in [0.5, 0.6) is 0 Å². The molecule has 0 radical (unpaired) electrons. The second-order valence-electron chi connectivity index (χ2n) is 2.88. The number of rotatable bonds is 2. The van der Waals surface area contributed by atoms with Crippen molar-refractivity contribution in [3.05, 3.63) is 0 Å². The number of alkyl carbamates (subject to hydrolysis) is 1. The minimum absolute atomic E-state index is 0.192. The first kappa shape index (κ1) is 10.3. The van der Waals surface area contributed by atoms with Crippen LogP contribution in [0.1, 0.15) is 13.8 Å². The molecule has 3 N–H and O–H groups in total. The maximum atomic E-state index is 11.2. The molecule has 4 amide bonds. The number of hydrogen-bond acceptors (Lipinski definition) is 4. The molecular formula is C7H11N3O4. The van der Waals surface area contributed by atoms with Crippen LogP contribution in [-0.4, -0.2) is 30.3 Å². The highest BCUT2D eigenvalue weighted by molar-refractivity contribution is 6.07. The zero-order chi connectivity index (χ0) is 10.8. The van der Waals surface area contributed by atoms with Crippen LogP contribution in [0.2, 0.25) is 0 Å². The molecule has 7 heteroatoms. The largest absolute Gasteiger partial charge is 0.450 e. The maximum Gasteiger partial charge on any atom is 0.409 e. The minimum Gasteiger partial charge on any atom is -0.450 e. The van der Waals surface area contributed by atoms with E-state index < -0.39 is 23.7 Å². The number of ether oxygens (including phenoxy) is 1. The normalized spacial score (nSPS) is 25.3. The summed E-state index contributed by atoms with van der Waals surface area (Å²) < 4.78 is 4.57. The number of nitrogens with one attached hydrogen (secondary N) is 3. The van der Waals surface area contributed by atoms with E-state index in [4.69, 9.17) is 0 Å². The zero-order valence-electron chi connectivity index (χ0n) is 7.84.